The van der Waals surface area contributed by atoms with E-state index in [-0.39, 0.29) is 18.3 Å². The smallest absolute Gasteiger partial charge is 0.422 e. The second-order valence-electron chi connectivity index (χ2n) is 5.16. The Balaban J connectivity index is 2.79. The van der Waals surface area contributed by atoms with Gasteiger partial charge in [0.15, 0.2) is 12.6 Å². The molecule has 0 radical (unpaired) electrons. The van der Waals surface area contributed by atoms with E-state index in [4.69, 9.17) is 4.74 Å². The average Bonchev–Trinajstić information content (AvgIpc) is 2.50. The predicted octanol–water partition coefficient (Wildman–Crippen LogP) is 3.48. The first kappa shape index (κ1) is 19.1. The molecule has 0 amide bonds. The normalized spacial score (nSPS) is 13.6. The second-order valence-corrected chi connectivity index (χ2v) is 5.16. The maximum atomic E-state index is 12.3. The number of para-hydroxylation sites is 1. The second kappa shape index (κ2) is 9.27. The van der Waals surface area contributed by atoms with Crippen LogP contribution >= 0.6 is 0 Å². The number of guanidine groups is 1. The largest absolute Gasteiger partial charge is 0.484 e. The van der Waals surface area contributed by atoms with E-state index in [9.17, 15) is 13.2 Å². The lowest BCUT2D eigenvalue weighted by Gasteiger charge is -2.17. The molecule has 0 aromatic heterocycles. The fraction of sp³-hybridized carbons (Fsp3) is 0.562. The molecular formula is C16H24F3N3O. The minimum absolute atomic E-state index is 0.202. The molecule has 4 nitrogen and oxygen atoms in total. The Kier molecular flexibility index (Phi) is 7.71. The van der Waals surface area contributed by atoms with Crippen molar-refractivity contribution in [2.45, 2.75) is 46.0 Å². The van der Waals surface area contributed by atoms with Crippen molar-refractivity contribution in [2.24, 2.45) is 4.99 Å². The van der Waals surface area contributed by atoms with Crippen molar-refractivity contribution in [3.63, 3.8) is 0 Å². The lowest BCUT2D eigenvalue weighted by Crippen LogP contribution is -2.41. The van der Waals surface area contributed by atoms with E-state index in [1.54, 1.807) is 18.2 Å². The molecular weight excluding hydrogens is 307 g/mol. The van der Waals surface area contributed by atoms with Gasteiger partial charge >= 0.3 is 6.18 Å². The van der Waals surface area contributed by atoms with E-state index in [1.165, 1.54) is 6.07 Å². The van der Waals surface area contributed by atoms with Gasteiger partial charge < -0.3 is 15.4 Å². The number of nitrogens with one attached hydrogen (secondary N) is 2. The van der Waals surface area contributed by atoms with E-state index in [2.05, 4.69) is 22.5 Å². The third-order valence-corrected chi connectivity index (χ3v) is 3.11. The lowest BCUT2D eigenvalue weighted by molar-refractivity contribution is -0.153. The molecule has 2 N–H and O–H groups in total. The highest BCUT2D eigenvalue weighted by atomic mass is 19.4. The number of alkyl halides is 3. The summed E-state index contributed by atoms with van der Waals surface area (Å²) in [7, 11) is 0. The molecule has 0 spiro atoms. The molecule has 23 heavy (non-hydrogen) atoms. The van der Waals surface area contributed by atoms with Crippen LogP contribution in [-0.2, 0) is 6.54 Å². The Labute approximate surface area is 135 Å². The summed E-state index contributed by atoms with van der Waals surface area (Å²) in [6, 6.07) is 6.87. The maximum Gasteiger partial charge on any atom is 0.422 e. The van der Waals surface area contributed by atoms with Gasteiger partial charge in [0, 0.05) is 18.2 Å². The number of rotatable bonds is 7. The van der Waals surface area contributed by atoms with E-state index < -0.39 is 12.8 Å². The van der Waals surface area contributed by atoms with E-state index in [0.29, 0.717) is 18.1 Å². The highest BCUT2D eigenvalue weighted by molar-refractivity contribution is 5.80. The molecule has 0 aliphatic carbocycles. The van der Waals surface area contributed by atoms with Crippen LogP contribution < -0.4 is 15.4 Å². The SMILES string of the molecule is CCNC(=NCc1ccccc1OCC(F)(F)F)NC(C)CC. The fourth-order valence-electron chi connectivity index (χ4n) is 1.75. The fourth-order valence-corrected chi connectivity index (χ4v) is 1.75. The van der Waals surface area contributed by atoms with Crippen molar-refractivity contribution < 1.29 is 17.9 Å². The average molecular weight is 331 g/mol. The number of halogens is 3. The first-order chi connectivity index (χ1) is 10.9. The molecule has 0 aliphatic rings. The first-order valence-corrected chi connectivity index (χ1v) is 7.68. The Hall–Kier alpha value is -1.92. The Morgan fingerprint density at radius 3 is 2.57 bits per heavy atom. The molecule has 0 aliphatic heterocycles. The summed E-state index contributed by atoms with van der Waals surface area (Å²) in [5, 5.41) is 6.34. The monoisotopic (exact) mass is 331 g/mol. The molecule has 0 fully saturated rings. The van der Waals surface area contributed by atoms with Gasteiger partial charge in [0.2, 0.25) is 0 Å². The van der Waals surface area contributed by atoms with Gasteiger partial charge in [-0.25, -0.2) is 4.99 Å². The molecule has 7 heteroatoms. The van der Waals surface area contributed by atoms with Crippen molar-refractivity contribution in [2.75, 3.05) is 13.2 Å². The zero-order valence-electron chi connectivity index (χ0n) is 13.7. The van der Waals surface area contributed by atoms with Crippen LogP contribution in [0.3, 0.4) is 0 Å². The number of nitrogens with zero attached hydrogens (tertiary/aromatic N) is 1. The molecule has 0 saturated heterocycles. The molecule has 1 aromatic rings. The highest BCUT2D eigenvalue weighted by Crippen LogP contribution is 2.22. The van der Waals surface area contributed by atoms with Gasteiger partial charge in [0.05, 0.1) is 6.54 Å². The molecule has 1 atom stereocenters. The highest BCUT2D eigenvalue weighted by Gasteiger charge is 2.28. The molecule has 1 unspecified atom stereocenters. The zero-order valence-corrected chi connectivity index (χ0v) is 13.7. The molecule has 0 heterocycles. The van der Waals surface area contributed by atoms with Gasteiger partial charge in [-0.15, -0.1) is 0 Å². The van der Waals surface area contributed by atoms with E-state index in [0.717, 1.165) is 6.42 Å². The predicted molar refractivity (Wildman–Crippen MR) is 85.7 cm³/mol. The third-order valence-electron chi connectivity index (χ3n) is 3.11. The topological polar surface area (TPSA) is 45.7 Å². The van der Waals surface area contributed by atoms with Crippen LogP contribution in [0.4, 0.5) is 13.2 Å². The van der Waals surface area contributed by atoms with Gasteiger partial charge in [-0.05, 0) is 26.3 Å². The summed E-state index contributed by atoms with van der Waals surface area (Å²) < 4.78 is 41.8. The number of benzene rings is 1. The van der Waals surface area contributed by atoms with Crippen LogP contribution in [0.5, 0.6) is 5.75 Å². The van der Waals surface area contributed by atoms with Crippen LogP contribution in [0.25, 0.3) is 0 Å². The van der Waals surface area contributed by atoms with Crippen LogP contribution in [0, 0.1) is 0 Å². The summed E-state index contributed by atoms with van der Waals surface area (Å²) in [6.07, 6.45) is -3.42. The zero-order chi connectivity index (χ0) is 17.3. The van der Waals surface area contributed by atoms with Gasteiger partial charge in [-0.2, -0.15) is 13.2 Å². The molecule has 1 rings (SSSR count). The minimum Gasteiger partial charge on any atom is -0.484 e. The Morgan fingerprint density at radius 1 is 1.26 bits per heavy atom. The van der Waals surface area contributed by atoms with Crippen LogP contribution in [0.2, 0.25) is 0 Å². The lowest BCUT2D eigenvalue weighted by atomic mass is 10.2. The van der Waals surface area contributed by atoms with Gasteiger partial charge in [-0.1, -0.05) is 25.1 Å². The van der Waals surface area contributed by atoms with Gasteiger partial charge in [-0.3, -0.25) is 0 Å². The Morgan fingerprint density at radius 2 is 1.96 bits per heavy atom. The van der Waals surface area contributed by atoms with E-state index >= 15 is 0 Å². The van der Waals surface area contributed by atoms with Crippen molar-refractivity contribution in [3.8, 4) is 5.75 Å². The summed E-state index contributed by atoms with van der Waals surface area (Å²) in [5.41, 5.74) is 0.609. The standard InChI is InChI=1S/C16H24F3N3O/c1-4-12(3)22-15(20-5-2)21-10-13-8-6-7-9-14(13)23-11-16(17,18)19/h6-9,12H,4-5,10-11H2,1-3H3,(H2,20,21,22). The van der Waals surface area contributed by atoms with Crippen LogP contribution in [-0.4, -0.2) is 31.3 Å². The number of aliphatic imine (C=N–C) groups is 1. The summed E-state index contributed by atoms with van der Waals surface area (Å²) in [5.74, 6) is 0.834. The summed E-state index contributed by atoms with van der Waals surface area (Å²) in [4.78, 5) is 4.41. The van der Waals surface area contributed by atoms with Crippen molar-refractivity contribution in [3.05, 3.63) is 29.8 Å². The van der Waals surface area contributed by atoms with Crippen LogP contribution in [0.1, 0.15) is 32.8 Å². The maximum absolute atomic E-state index is 12.3. The van der Waals surface area contributed by atoms with Crippen molar-refractivity contribution in [1.29, 1.82) is 0 Å². The summed E-state index contributed by atoms with van der Waals surface area (Å²) in [6.45, 7) is 5.68. The van der Waals surface area contributed by atoms with E-state index in [1.807, 2.05) is 13.8 Å². The minimum atomic E-state index is -4.36. The number of hydrogen-bond donors (Lipinski definition) is 2. The quantitative estimate of drug-likeness (QED) is 0.594. The molecule has 0 bridgehead atoms. The molecule has 0 saturated carbocycles. The van der Waals surface area contributed by atoms with Crippen molar-refractivity contribution in [1.82, 2.24) is 10.6 Å². The van der Waals surface area contributed by atoms with Gasteiger partial charge in [0.25, 0.3) is 0 Å². The number of ether oxygens (including phenoxy) is 1. The third kappa shape index (κ3) is 7.76. The molecule has 1 aromatic carbocycles. The van der Waals surface area contributed by atoms with Crippen LogP contribution in [0.15, 0.2) is 29.3 Å². The first-order valence-electron chi connectivity index (χ1n) is 7.68. The summed E-state index contributed by atoms with van der Waals surface area (Å²) >= 11 is 0. The molecule has 130 valence electrons. The Bertz CT molecular complexity index is 504. The van der Waals surface area contributed by atoms with Gasteiger partial charge in [0.1, 0.15) is 5.75 Å². The number of hydrogen-bond acceptors (Lipinski definition) is 2. The van der Waals surface area contributed by atoms with Crippen molar-refractivity contribution >= 4 is 5.96 Å².